The van der Waals surface area contributed by atoms with E-state index in [9.17, 15) is 0 Å². The summed E-state index contributed by atoms with van der Waals surface area (Å²) in [5.74, 6) is 0.850. The molecule has 0 radical (unpaired) electrons. The van der Waals surface area contributed by atoms with Crippen LogP contribution in [0.1, 0.15) is 5.56 Å². The lowest BCUT2D eigenvalue weighted by Gasteiger charge is -2.03. The normalized spacial score (nSPS) is 9.73. The van der Waals surface area contributed by atoms with Crippen molar-refractivity contribution in [3.63, 3.8) is 0 Å². The van der Waals surface area contributed by atoms with E-state index in [2.05, 4.69) is 22.6 Å². The van der Waals surface area contributed by atoms with E-state index in [0.717, 1.165) is 14.9 Å². The van der Waals surface area contributed by atoms with Crippen LogP contribution in [0.3, 0.4) is 0 Å². The Morgan fingerprint density at radius 3 is 2.73 bits per heavy atom. The first kappa shape index (κ1) is 8.80. The van der Waals surface area contributed by atoms with Gasteiger partial charge < -0.3 is 9.84 Å². The molecule has 0 atom stereocenters. The van der Waals surface area contributed by atoms with Crippen LogP contribution in [0.25, 0.3) is 0 Å². The monoisotopic (exact) mass is 264 g/mol. The summed E-state index contributed by atoms with van der Waals surface area (Å²) in [6.07, 6.45) is 0. The molecule has 1 aromatic carbocycles. The predicted octanol–water partition coefficient (Wildman–Crippen LogP) is 1.79. The van der Waals surface area contributed by atoms with Gasteiger partial charge in [-0.15, -0.1) is 0 Å². The number of aliphatic hydroxyl groups excluding tert-OH is 1. The Hall–Kier alpha value is -0.290. The van der Waals surface area contributed by atoms with Gasteiger partial charge >= 0.3 is 0 Å². The first-order valence-corrected chi connectivity index (χ1v) is 4.29. The number of hydrogen-bond donors (Lipinski definition) is 1. The SMILES string of the molecule is COc1ccc(CO)cc1I. The molecule has 1 aromatic rings. The molecule has 0 unspecified atom stereocenters. The Kier molecular flexibility index (Phi) is 3.14. The van der Waals surface area contributed by atoms with Crippen molar-refractivity contribution in [3.05, 3.63) is 27.3 Å². The lowest BCUT2D eigenvalue weighted by Crippen LogP contribution is -1.89. The zero-order valence-electron chi connectivity index (χ0n) is 6.17. The fraction of sp³-hybridized carbons (Fsp3) is 0.250. The first-order chi connectivity index (χ1) is 5.27. The van der Waals surface area contributed by atoms with Crippen molar-refractivity contribution >= 4 is 22.6 Å². The van der Waals surface area contributed by atoms with E-state index in [1.54, 1.807) is 7.11 Å². The smallest absolute Gasteiger partial charge is 0.132 e. The summed E-state index contributed by atoms with van der Waals surface area (Å²) in [5.41, 5.74) is 0.912. The molecule has 0 heterocycles. The Bertz CT molecular complexity index is 248. The third-order valence-corrected chi connectivity index (χ3v) is 2.24. The molecule has 11 heavy (non-hydrogen) atoms. The molecular formula is C8H9IO2. The molecule has 1 N–H and O–H groups in total. The molecule has 0 amide bonds. The van der Waals surface area contributed by atoms with Crippen LogP contribution in [0.5, 0.6) is 5.75 Å². The highest BCUT2D eigenvalue weighted by molar-refractivity contribution is 14.1. The lowest BCUT2D eigenvalue weighted by molar-refractivity contribution is 0.281. The van der Waals surface area contributed by atoms with Crippen molar-refractivity contribution in [1.82, 2.24) is 0 Å². The van der Waals surface area contributed by atoms with E-state index in [1.165, 1.54) is 0 Å². The van der Waals surface area contributed by atoms with Crippen LogP contribution in [-0.4, -0.2) is 12.2 Å². The van der Waals surface area contributed by atoms with Crippen molar-refractivity contribution in [2.45, 2.75) is 6.61 Å². The molecule has 0 saturated heterocycles. The van der Waals surface area contributed by atoms with Crippen molar-refractivity contribution in [2.75, 3.05) is 7.11 Å². The maximum Gasteiger partial charge on any atom is 0.132 e. The molecule has 0 aliphatic rings. The summed E-state index contributed by atoms with van der Waals surface area (Å²) in [6.45, 7) is 0.0833. The summed E-state index contributed by atoms with van der Waals surface area (Å²) >= 11 is 2.17. The molecule has 0 spiro atoms. The van der Waals surface area contributed by atoms with Crippen LogP contribution in [0.15, 0.2) is 18.2 Å². The van der Waals surface area contributed by atoms with Crippen molar-refractivity contribution < 1.29 is 9.84 Å². The second-order valence-electron chi connectivity index (χ2n) is 2.13. The van der Waals surface area contributed by atoms with Gasteiger partial charge in [0.25, 0.3) is 0 Å². The standard InChI is InChI=1S/C8H9IO2/c1-11-8-3-2-6(5-10)4-7(8)9/h2-4,10H,5H2,1H3. The molecule has 0 aliphatic heterocycles. The fourth-order valence-corrected chi connectivity index (χ4v) is 1.61. The molecule has 0 aromatic heterocycles. The van der Waals surface area contributed by atoms with Gasteiger partial charge in [-0.3, -0.25) is 0 Å². The Morgan fingerprint density at radius 2 is 2.27 bits per heavy atom. The molecule has 3 heteroatoms. The van der Waals surface area contributed by atoms with Crippen molar-refractivity contribution in [3.8, 4) is 5.75 Å². The van der Waals surface area contributed by atoms with Crippen LogP contribution < -0.4 is 4.74 Å². The van der Waals surface area contributed by atoms with E-state index < -0.39 is 0 Å². The summed E-state index contributed by atoms with van der Waals surface area (Å²) in [7, 11) is 1.64. The quantitative estimate of drug-likeness (QED) is 0.825. The summed E-state index contributed by atoms with van der Waals surface area (Å²) in [5, 5.41) is 8.78. The molecular weight excluding hydrogens is 255 g/mol. The molecule has 60 valence electrons. The van der Waals surface area contributed by atoms with Gasteiger partial charge in [-0.25, -0.2) is 0 Å². The second kappa shape index (κ2) is 3.92. The maximum absolute atomic E-state index is 8.78. The maximum atomic E-state index is 8.78. The van der Waals surface area contributed by atoms with E-state index in [0.29, 0.717) is 0 Å². The summed E-state index contributed by atoms with van der Waals surface area (Å²) in [4.78, 5) is 0. The van der Waals surface area contributed by atoms with Crippen LogP contribution in [0.2, 0.25) is 0 Å². The highest BCUT2D eigenvalue weighted by Gasteiger charge is 1.98. The zero-order valence-corrected chi connectivity index (χ0v) is 8.33. The average Bonchev–Trinajstić information content (AvgIpc) is 2.04. The van der Waals surface area contributed by atoms with Crippen LogP contribution in [0, 0.1) is 3.57 Å². The summed E-state index contributed by atoms with van der Waals surface area (Å²) < 4.78 is 6.08. The number of ether oxygens (including phenoxy) is 1. The molecule has 1 rings (SSSR count). The third kappa shape index (κ3) is 2.07. The minimum absolute atomic E-state index is 0.0833. The minimum atomic E-state index is 0.0833. The van der Waals surface area contributed by atoms with Crippen LogP contribution >= 0.6 is 22.6 Å². The number of methoxy groups -OCH3 is 1. The third-order valence-electron chi connectivity index (χ3n) is 1.40. The predicted molar refractivity (Wildman–Crippen MR) is 51.6 cm³/mol. The van der Waals surface area contributed by atoms with Gasteiger partial charge in [0, 0.05) is 0 Å². The highest BCUT2D eigenvalue weighted by atomic mass is 127. The number of halogens is 1. The molecule has 0 saturated carbocycles. The molecule has 2 nitrogen and oxygen atoms in total. The van der Waals surface area contributed by atoms with Gasteiger partial charge in [0.2, 0.25) is 0 Å². The van der Waals surface area contributed by atoms with Gasteiger partial charge in [-0.1, -0.05) is 6.07 Å². The average molecular weight is 264 g/mol. The van der Waals surface area contributed by atoms with E-state index in [4.69, 9.17) is 9.84 Å². The Labute approximate surface area is 79.3 Å². The van der Waals surface area contributed by atoms with Crippen molar-refractivity contribution in [2.24, 2.45) is 0 Å². The molecule has 0 bridgehead atoms. The van der Waals surface area contributed by atoms with Gasteiger partial charge in [0.05, 0.1) is 17.3 Å². The van der Waals surface area contributed by atoms with Gasteiger partial charge in [0.15, 0.2) is 0 Å². The van der Waals surface area contributed by atoms with Gasteiger partial charge in [0.1, 0.15) is 5.75 Å². The summed E-state index contributed by atoms with van der Waals surface area (Å²) in [6, 6.07) is 5.60. The second-order valence-corrected chi connectivity index (χ2v) is 3.29. The molecule has 0 fully saturated rings. The number of benzene rings is 1. The largest absolute Gasteiger partial charge is 0.496 e. The van der Waals surface area contributed by atoms with Gasteiger partial charge in [-0.05, 0) is 40.3 Å². The highest BCUT2D eigenvalue weighted by Crippen LogP contribution is 2.21. The minimum Gasteiger partial charge on any atom is -0.496 e. The van der Waals surface area contributed by atoms with Crippen LogP contribution in [-0.2, 0) is 6.61 Å². The zero-order chi connectivity index (χ0) is 8.27. The Balaban J connectivity index is 2.99. The van der Waals surface area contributed by atoms with E-state index >= 15 is 0 Å². The fourth-order valence-electron chi connectivity index (χ4n) is 0.808. The Morgan fingerprint density at radius 1 is 1.55 bits per heavy atom. The first-order valence-electron chi connectivity index (χ1n) is 3.21. The molecule has 0 aliphatic carbocycles. The number of rotatable bonds is 2. The van der Waals surface area contributed by atoms with E-state index in [-0.39, 0.29) is 6.61 Å². The number of aliphatic hydroxyl groups is 1. The van der Waals surface area contributed by atoms with Gasteiger partial charge in [-0.2, -0.15) is 0 Å². The van der Waals surface area contributed by atoms with Crippen LogP contribution in [0.4, 0.5) is 0 Å². The lowest BCUT2D eigenvalue weighted by atomic mass is 10.2. The van der Waals surface area contributed by atoms with E-state index in [1.807, 2.05) is 18.2 Å². The number of hydrogen-bond acceptors (Lipinski definition) is 2. The van der Waals surface area contributed by atoms with Crippen molar-refractivity contribution in [1.29, 1.82) is 0 Å². The topological polar surface area (TPSA) is 29.5 Å².